The van der Waals surface area contributed by atoms with E-state index in [1.54, 1.807) is 0 Å². The van der Waals surface area contributed by atoms with Crippen LogP contribution in [-0.4, -0.2) is 6.54 Å². The van der Waals surface area contributed by atoms with Gasteiger partial charge in [0.25, 0.3) is 0 Å². The lowest BCUT2D eigenvalue weighted by Crippen LogP contribution is -2.14. The largest absolute Gasteiger partial charge is 0.340 e. The first-order chi connectivity index (χ1) is 8.79. The van der Waals surface area contributed by atoms with Gasteiger partial charge in [0.05, 0.1) is 11.3 Å². The SMILES string of the molecule is Cc1ccc(C#N)c(N2CCc3ccccc32)c1. The molecule has 0 fully saturated rings. The van der Waals surface area contributed by atoms with Gasteiger partial charge < -0.3 is 4.90 Å². The number of aryl methyl sites for hydroxylation is 1. The van der Waals surface area contributed by atoms with Crippen LogP contribution in [0.25, 0.3) is 0 Å². The van der Waals surface area contributed by atoms with Gasteiger partial charge in [0.1, 0.15) is 6.07 Å². The van der Waals surface area contributed by atoms with Crippen LogP contribution in [0.3, 0.4) is 0 Å². The molecule has 0 radical (unpaired) electrons. The van der Waals surface area contributed by atoms with Gasteiger partial charge in [-0.1, -0.05) is 24.3 Å². The molecule has 0 saturated heterocycles. The third kappa shape index (κ3) is 1.65. The molecule has 3 rings (SSSR count). The maximum atomic E-state index is 9.24. The summed E-state index contributed by atoms with van der Waals surface area (Å²) in [4.78, 5) is 2.25. The maximum Gasteiger partial charge on any atom is 0.101 e. The Morgan fingerprint density at radius 2 is 1.94 bits per heavy atom. The summed E-state index contributed by atoms with van der Waals surface area (Å²) in [5, 5.41) is 9.24. The topological polar surface area (TPSA) is 27.0 Å². The van der Waals surface area contributed by atoms with Crippen molar-refractivity contribution in [1.82, 2.24) is 0 Å². The lowest BCUT2D eigenvalue weighted by Gasteiger charge is -2.21. The summed E-state index contributed by atoms with van der Waals surface area (Å²) in [6, 6.07) is 16.7. The van der Waals surface area contributed by atoms with Crippen molar-refractivity contribution in [2.45, 2.75) is 13.3 Å². The average Bonchev–Trinajstić information content (AvgIpc) is 2.82. The molecule has 0 atom stereocenters. The number of nitrogens with zero attached hydrogens (tertiary/aromatic N) is 2. The van der Waals surface area contributed by atoms with Crippen molar-refractivity contribution >= 4 is 11.4 Å². The Hall–Kier alpha value is -2.27. The van der Waals surface area contributed by atoms with Crippen molar-refractivity contribution in [2.24, 2.45) is 0 Å². The highest BCUT2D eigenvalue weighted by molar-refractivity contribution is 5.74. The second-order valence-corrected chi connectivity index (χ2v) is 4.66. The van der Waals surface area contributed by atoms with Gasteiger partial charge in [-0.3, -0.25) is 0 Å². The number of hydrogen-bond acceptors (Lipinski definition) is 2. The molecule has 1 heterocycles. The number of fused-ring (bicyclic) bond motifs is 1. The van der Waals surface area contributed by atoms with E-state index in [2.05, 4.69) is 48.2 Å². The van der Waals surface area contributed by atoms with Gasteiger partial charge in [-0.2, -0.15) is 5.26 Å². The summed E-state index contributed by atoms with van der Waals surface area (Å²) in [5.41, 5.74) is 5.57. The van der Waals surface area contributed by atoms with Crippen molar-refractivity contribution in [3.63, 3.8) is 0 Å². The fourth-order valence-corrected chi connectivity index (χ4v) is 2.55. The number of para-hydroxylation sites is 1. The van der Waals surface area contributed by atoms with Gasteiger partial charge in [-0.05, 0) is 42.7 Å². The molecule has 0 aromatic heterocycles. The zero-order valence-corrected chi connectivity index (χ0v) is 10.4. The van der Waals surface area contributed by atoms with Crippen LogP contribution >= 0.6 is 0 Å². The van der Waals surface area contributed by atoms with Gasteiger partial charge in [0.15, 0.2) is 0 Å². The van der Waals surface area contributed by atoms with Gasteiger partial charge in [0.2, 0.25) is 0 Å². The van der Waals surface area contributed by atoms with Crippen LogP contribution in [0.1, 0.15) is 16.7 Å². The summed E-state index contributed by atoms with van der Waals surface area (Å²) in [7, 11) is 0. The first-order valence-corrected chi connectivity index (χ1v) is 6.16. The highest BCUT2D eigenvalue weighted by Crippen LogP contribution is 2.36. The van der Waals surface area contributed by atoms with Gasteiger partial charge in [-0.25, -0.2) is 0 Å². The number of anilines is 2. The average molecular weight is 234 g/mol. The molecule has 0 spiro atoms. The Bertz CT molecular complexity index is 638. The van der Waals surface area contributed by atoms with E-state index in [0.29, 0.717) is 0 Å². The number of hydrogen-bond donors (Lipinski definition) is 0. The summed E-state index contributed by atoms with van der Waals surface area (Å²) < 4.78 is 0. The quantitative estimate of drug-likeness (QED) is 0.754. The van der Waals surface area contributed by atoms with Gasteiger partial charge in [0, 0.05) is 12.2 Å². The summed E-state index contributed by atoms with van der Waals surface area (Å²) in [5.74, 6) is 0. The van der Waals surface area contributed by atoms with Crippen molar-refractivity contribution in [3.05, 3.63) is 59.2 Å². The lowest BCUT2D eigenvalue weighted by molar-refractivity contribution is 0.995. The summed E-state index contributed by atoms with van der Waals surface area (Å²) >= 11 is 0. The van der Waals surface area contributed by atoms with Crippen molar-refractivity contribution < 1.29 is 0 Å². The molecule has 0 bridgehead atoms. The molecule has 0 saturated carbocycles. The molecule has 2 heteroatoms. The van der Waals surface area contributed by atoms with Crippen molar-refractivity contribution in [3.8, 4) is 6.07 Å². The van der Waals surface area contributed by atoms with E-state index >= 15 is 0 Å². The minimum atomic E-state index is 0.748. The van der Waals surface area contributed by atoms with Gasteiger partial charge >= 0.3 is 0 Å². The van der Waals surface area contributed by atoms with E-state index in [1.807, 2.05) is 12.1 Å². The molecule has 2 aromatic rings. The Morgan fingerprint density at radius 1 is 1.11 bits per heavy atom. The number of rotatable bonds is 1. The second kappa shape index (κ2) is 4.19. The monoisotopic (exact) mass is 234 g/mol. The van der Waals surface area contributed by atoms with E-state index in [-0.39, 0.29) is 0 Å². The molecule has 2 nitrogen and oxygen atoms in total. The van der Waals surface area contributed by atoms with E-state index in [1.165, 1.54) is 16.8 Å². The second-order valence-electron chi connectivity index (χ2n) is 4.66. The first kappa shape index (κ1) is 10.9. The minimum Gasteiger partial charge on any atom is -0.340 e. The van der Waals surface area contributed by atoms with Crippen LogP contribution < -0.4 is 4.90 Å². The van der Waals surface area contributed by atoms with E-state index in [4.69, 9.17) is 0 Å². The Balaban J connectivity index is 2.13. The van der Waals surface area contributed by atoms with Crippen LogP contribution in [0.4, 0.5) is 11.4 Å². The Morgan fingerprint density at radius 3 is 2.78 bits per heavy atom. The Labute approximate surface area is 107 Å². The highest BCUT2D eigenvalue weighted by atomic mass is 15.2. The molecular formula is C16H14N2. The zero-order chi connectivity index (χ0) is 12.5. The third-order valence-corrected chi connectivity index (χ3v) is 3.45. The highest BCUT2D eigenvalue weighted by Gasteiger charge is 2.21. The fourth-order valence-electron chi connectivity index (χ4n) is 2.55. The molecule has 18 heavy (non-hydrogen) atoms. The molecule has 1 aliphatic rings. The molecule has 2 aromatic carbocycles. The molecule has 0 amide bonds. The van der Waals surface area contributed by atoms with Gasteiger partial charge in [-0.15, -0.1) is 0 Å². The number of nitriles is 1. The van der Waals surface area contributed by atoms with E-state index in [9.17, 15) is 5.26 Å². The lowest BCUT2D eigenvalue weighted by atomic mass is 10.1. The van der Waals surface area contributed by atoms with Crippen LogP contribution in [0.15, 0.2) is 42.5 Å². The minimum absolute atomic E-state index is 0.748. The predicted octanol–water partition coefficient (Wildman–Crippen LogP) is 3.56. The standard InChI is InChI=1S/C16H14N2/c1-12-6-7-14(11-17)16(10-12)18-9-8-13-4-2-3-5-15(13)18/h2-7,10H,8-9H2,1H3. The van der Waals surface area contributed by atoms with Crippen molar-refractivity contribution in [2.75, 3.05) is 11.4 Å². The molecule has 88 valence electrons. The molecular weight excluding hydrogens is 220 g/mol. The fraction of sp³-hybridized carbons (Fsp3) is 0.188. The maximum absolute atomic E-state index is 9.24. The van der Waals surface area contributed by atoms with Crippen LogP contribution in [0.2, 0.25) is 0 Å². The predicted molar refractivity (Wildman–Crippen MR) is 73.0 cm³/mol. The normalized spacial score (nSPS) is 13.2. The molecule has 0 unspecified atom stereocenters. The third-order valence-electron chi connectivity index (χ3n) is 3.45. The Kier molecular flexibility index (Phi) is 2.53. The smallest absolute Gasteiger partial charge is 0.101 e. The molecule has 0 aliphatic carbocycles. The summed E-state index contributed by atoms with van der Waals surface area (Å²) in [6.45, 7) is 3.02. The zero-order valence-electron chi connectivity index (χ0n) is 10.4. The molecule has 1 aliphatic heterocycles. The van der Waals surface area contributed by atoms with E-state index in [0.717, 1.165) is 24.2 Å². The van der Waals surface area contributed by atoms with Crippen molar-refractivity contribution in [1.29, 1.82) is 5.26 Å². The van der Waals surface area contributed by atoms with Crippen LogP contribution in [0, 0.1) is 18.3 Å². The molecule has 0 N–H and O–H groups in total. The van der Waals surface area contributed by atoms with Crippen LogP contribution in [0.5, 0.6) is 0 Å². The number of benzene rings is 2. The summed E-state index contributed by atoms with van der Waals surface area (Å²) in [6.07, 6.45) is 1.05. The van der Waals surface area contributed by atoms with Crippen LogP contribution in [-0.2, 0) is 6.42 Å². The van der Waals surface area contributed by atoms with E-state index < -0.39 is 0 Å². The first-order valence-electron chi connectivity index (χ1n) is 6.16.